The van der Waals surface area contributed by atoms with Gasteiger partial charge in [-0.2, -0.15) is 5.10 Å². The number of nitrogens with one attached hydrogen (secondary N) is 2. The number of amides is 2. The maximum absolute atomic E-state index is 12.6. The maximum atomic E-state index is 12.6. The van der Waals surface area contributed by atoms with Gasteiger partial charge in [-0.1, -0.05) is 0 Å². The van der Waals surface area contributed by atoms with E-state index < -0.39 is 5.54 Å². The minimum atomic E-state index is -0.413. The van der Waals surface area contributed by atoms with Crippen molar-refractivity contribution < 1.29 is 9.59 Å². The second-order valence-electron chi connectivity index (χ2n) is 7.15. The molecule has 1 aromatic heterocycles. The van der Waals surface area contributed by atoms with Crippen LogP contribution in [-0.2, 0) is 16.6 Å². The van der Waals surface area contributed by atoms with Crippen LogP contribution >= 0.6 is 0 Å². The molecule has 3 rings (SSSR count). The van der Waals surface area contributed by atoms with Crippen molar-refractivity contribution in [2.24, 2.45) is 7.05 Å². The van der Waals surface area contributed by atoms with Gasteiger partial charge in [0.15, 0.2) is 0 Å². The van der Waals surface area contributed by atoms with E-state index in [1.54, 1.807) is 10.9 Å². The molecule has 3 heterocycles. The summed E-state index contributed by atoms with van der Waals surface area (Å²) in [5.74, 6) is 0.105. The van der Waals surface area contributed by atoms with Gasteiger partial charge in [0.25, 0.3) is 0 Å². The fourth-order valence-electron chi connectivity index (χ4n) is 3.77. The molecule has 138 valence electrons. The van der Waals surface area contributed by atoms with Crippen LogP contribution in [0.4, 0.5) is 5.69 Å². The first-order valence-electron chi connectivity index (χ1n) is 8.93. The van der Waals surface area contributed by atoms with E-state index in [0.29, 0.717) is 6.54 Å². The molecule has 2 fully saturated rings. The van der Waals surface area contributed by atoms with Crippen molar-refractivity contribution in [3.05, 3.63) is 11.9 Å². The highest BCUT2D eigenvalue weighted by molar-refractivity contribution is 5.92. The lowest BCUT2D eigenvalue weighted by atomic mass is 9.85. The van der Waals surface area contributed by atoms with Crippen molar-refractivity contribution in [2.45, 2.75) is 31.7 Å². The number of rotatable bonds is 3. The monoisotopic (exact) mass is 348 g/mol. The van der Waals surface area contributed by atoms with Crippen molar-refractivity contribution in [1.82, 2.24) is 24.9 Å². The zero-order valence-electron chi connectivity index (χ0n) is 15.3. The highest BCUT2D eigenvalue weighted by Crippen LogP contribution is 2.29. The summed E-state index contributed by atoms with van der Waals surface area (Å²) in [6, 6.07) is 0. The Balaban J connectivity index is 1.56. The number of likely N-dealkylation sites (tertiary alicyclic amines) is 1. The first-order valence-corrected chi connectivity index (χ1v) is 8.93. The zero-order chi connectivity index (χ0) is 18.0. The topological polar surface area (TPSA) is 82.5 Å². The summed E-state index contributed by atoms with van der Waals surface area (Å²) in [5, 5.41) is 10.1. The van der Waals surface area contributed by atoms with Crippen molar-refractivity contribution in [1.29, 1.82) is 0 Å². The van der Waals surface area contributed by atoms with Crippen molar-refractivity contribution in [3.63, 3.8) is 0 Å². The summed E-state index contributed by atoms with van der Waals surface area (Å²) in [6.07, 6.45) is 4.17. The van der Waals surface area contributed by atoms with Crippen LogP contribution in [0.2, 0.25) is 0 Å². The molecule has 1 aromatic rings. The molecule has 0 saturated carbocycles. The maximum Gasteiger partial charge on any atom is 0.240 e. The van der Waals surface area contributed by atoms with Gasteiger partial charge in [0.1, 0.15) is 5.54 Å². The molecule has 8 heteroatoms. The Kier molecular flexibility index (Phi) is 5.10. The van der Waals surface area contributed by atoms with Gasteiger partial charge in [-0.3, -0.25) is 24.1 Å². The molecule has 25 heavy (non-hydrogen) atoms. The highest BCUT2D eigenvalue weighted by Gasteiger charge is 2.45. The predicted octanol–water partition coefficient (Wildman–Crippen LogP) is -0.0467. The third kappa shape index (κ3) is 3.55. The van der Waals surface area contributed by atoms with E-state index in [-0.39, 0.29) is 11.8 Å². The number of carbonyl (C=O) groups excluding carboxylic acids is 2. The van der Waals surface area contributed by atoms with Gasteiger partial charge in [0.2, 0.25) is 11.8 Å². The number of anilines is 1. The van der Waals surface area contributed by atoms with Crippen LogP contribution in [0.15, 0.2) is 6.20 Å². The van der Waals surface area contributed by atoms with E-state index in [9.17, 15) is 9.59 Å². The van der Waals surface area contributed by atoms with Crippen LogP contribution in [0.1, 0.15) is 25.0 Å². The van der Waals surface area contributed by atoms with Gasteiger partial charge in [0, 0.05) is 33.2 Å². The number of likely N-dealkylation sites (N-methyl/N-ethyl adjacent to an activating group) is 1. The van der Waals surface area contributed by atoms with Gasteiger partial charge in [-0.05, 0) is 33.2 Å². The molecule has 0 atom stereocenters. The van der Waals surface area contributed by atoms with Gasteiger partial charge in [-0.25, -0.2) is 0 Å². The number of aromatic nitrogens is 2. The Morgan fingerprint density at radius 3 is 2.68 bits per heavy atom. The van der Waals surface area contributed by atoms with Crippen LogP contribution in [0.5, 0.6) is 0 Å². The van der Waals surface area contributed by atoms with Gasteiger partial charge < -0.3 is 10.6 Å². The largest absolute Gasteiger partial charge is 0.354 e. The first kappa shape index (κ1) is 17.9. The Morgan fingerprint density at radius 1 is 1.32 bits per heavy atom. The average Bonchev–Trinajstić information content (AvgIpc) is 2.83. The Bertz CT molecular complexity index is 648. The summed E-state index contributed by atoms with van der Waals surface area (Å²) in [6.45, 7) is 5.44. The number of piperidine rings is 1. The minimum absolute atomic E-state index is 0.0364. The molecule has 1 spiro atoms. The predicted molar refractivity (Wildman–Crippen MR) is 95.2 cm³/mol. The Labute approximate surface area is 148 Å². The fraction of sp³-hybridized carbons (Fsp3) is 0.706. The summed E-state index contributed by atoms with van der Waals surface area (Å²) in [7, 11) is 3.89. The van der Waals surface area contributed by atoms with Crippen molar-refractivity contribution in [2.75, 3.05) is 45.1 Å². The van der Waals surface area contributed by atoms with E-state index in [1.165, 1.54) is 0 Å². The van der Waals surface area contributed by atoms with Crippen LogP contribution in [0, 0.1) is 6.92 Å². The van der Waals surface area contributed by atoms with Gasteiger partial charge >= 0.3 is 0 Å². The number of aryl methyl sites for hydroxylation is 1. The molecule has 0 aromatic carbocycles. The lowest BCUT2D eigenvalue weighted by molar-refractivity contribution is -0.135. The minimum Gasteiger partial charge on any atom is -0.354 e. The lowest BCUT2D eigenvalue weighted by Crippen LogP contribution is -2.61. The molecule has 0 unspecified atom stereocenters. The zero-order valence-corrected chi connectivity index (χ0v) is 15.3. The molecule has 0 radical (unpaired) electrons. The second-order valence-corrected chi connectivity index (χ2v) is 7.15. The molecule has 2 N–H and O–H groups in total. The molecule has 2 saturated heterocycles. The molecule has 8 nitrogen and oxygen atoms in total. The number of hydrogen-bond donors (Lipinski definition) is 2. The molecule has 0 bridgehead atoms. The van der Waals surface area contributed by atoms with Crippen LogP contribution in [0.25, 0.3) is 0 Å². The fourth-order valence-corrected chi connectivity index (χ4v) is 3.77. The number of hydrogen-bond acceptors (Lipinski definition) is 5. The molecule has 0 aliphatic carbocycles. The molecule has 2 amide bonds. The van der Waals surface area contributed by atoms with E-state index >= 15 is 0 Å². The van der Waals surface area contributed by atoms with E-state index in [1.807, 2.05) is 21.0 Å². The average molecular weight is 348 g/mol. The van der Waals surface area contributed by atoms with E-state index in [4.69, 9.17) is 0 Å². The SMILES string of the molecule is Cc1c(NC(=O)CN2CCC3(CC2)C(=O)NCCCN3C)cnn1C. The first-order chi connectivity index (χ1) is 11.9. The van der Waals surface area contributed by atoms with Crippen LogP contribution in [-0.4, -0.2) is 76.7 Å². The molecule has 2 aliphatic heterocycles. The normalized spacial score (nSPS) is 21.8. The Hall–Kier alpha value is -1.93. The number of nitrogens with zero attached hydrogens (tertiary/aromatic N) is 4. The van der Waals surface area contributed by atoms with Gasteiger partial charge in [0.05, 0.1) is 24.1 Å². The molecule has 2 aliphatic rings. The smallest absolute Gasteiger partial charge is 0.240 e. The highest BCUT2D eigenvalue weighted by atomic mass is 16.2. The second kappa shape index (κ2) is 7.13. The third-order valence-electron chi connectivity index (χ3n) is 5.67. The summed E-state index contributed by atoms with van der Waals surface area (Å²) in [5.41, 5.74) is 1.27. The van der Waals surface area contributed by atoms with E-state index in [2.05, 4.69) is 25.5 Å². The molecular formula is C17H28N6O2. The Morgan fingerprint density at radius 2 is 2.04 bits per heavy atom. The summed E-state index contributed by atoms with van der Waals surface area (Å²) in [4.78, 5) is 29.2. The summed E-state index contributed by atoms with van der Waals surface area (Å²) < 4.78 is 1.74. The summed E-state index contributed by atoms with van der Waals surface area (Å²) >= 11 is 0. The third-order valence-corrected chi connectivity index (χ3v) is 5.67. The van der Waals surface area contributed by atoms with E-state index in [0.717, 1.165) is 56.8 Å². The van der Waals surface area contributed by atoms with Crippen molar-refractivity contribution in [3.8, 4) is 0 Å². The number of carbonyl (C=O) groups is 2. The molecular weight excluding hydrogens is 320 g/mol. The van der Waals surface area contributed by atoms with Gasteiger partial charge in [-0.15, -0.1) is 0 Å². The van der Waals surface area contributed by atoms with Crippen molar-refractivity contribution >= 4 is 17.5 Å². The standard InChI is InChI=1S/C17H28N6O2/c1-13-14(11-19-22(13)3)20-15(24)12-23-9-5-17(6-10-23)16(25)18-7-4-8-21(17)2/h11H,4-10,12H2,1-3H3,(H,18,25)(H,20,24). The van der Waals surface area contributed by atoms with Crippen LogP contribution in [0.3, 0.4) is 0 Å². The quantitative estimate of drug-likeness (QED) is 0.801. The van der Waals surface area contributed by atoms with Crippen LogP contribution < -0.4 is 10.6 Å². The lowest BCUT2D eigenvalue weighted by Gasteiger charge is -2.44.